The zero-order valence-electron chi connectivity index (χ0n) is 7.24. The molecule has 72 valence electrons. The van der Waals surface area contributed by atoms with Crippen LogP contribution in [0.3, 0.4) is 0 Å². The average molecular weight is 186 g/mol. The van der Waals surface area contributed by atoms with E-state index in [1.54, 1.807) is 6.92 Å². The molecule has 1 fully saturated rings. The number of esters is 1. The normalized spacial score (nSPS) is 20.4. The highest BCUT2D eigenvalue weighted by Gasteiger charge is 2.32. The Kier molecular flexibility index (Phi) is 2.89. The Balaban J connectivity index is 2.31. The molecule has 0 amide bonds. The van der Waals surface area contributed by atoms with Gasteiger partial charge in [0.15, 0.2) is 0 Å². The first-order valence-corrected chi connectivity index (χ1v) is 3.74. The Bertz CT molecular complexity index is 245. The van der Waals surface area contributed by atoms with Crippen LogP contribution >= 0.6 is 0 Å². The number of hydrogen-bond donors (Lipinski definition) is 0. The van der Waals surface area contributed by atoms with E-state index in [-0.39, 0.29) is 13.2 Å². The Morgan fingerprint density at radius 2 is 2.46 bits per heavy atom. The maximum Gasteiger partial charge on any atom is 0.509 e. The van der Waals surface area contributed by atoms with E-state index in [1.807, 2.05) is 0 Å². The largest absolute Gasteiger partial charge is 0.509 e. The molecule has 0 saturated carbocycles. The van der Waals surface area contributed by atoms with Crippen molar-refractivity contribution in [3.63, 3.8) is 0 Å². The summed E-state index contributed by atoms with van der Waals surface area (Å²) in [6, 6.07) is 0. The Labute approximate surface area is 75.3 Å². The van der Waals surface area contributed by atoms with Crippen LogP contribution in [-0.2, 0) is 19.0 Å². The molecule has 1 aliphatic heterocycles. The van der Waals surface area contributed by atoms with Gasteiger partial charge in [0.25, 0.3) is 0 Å². The highest BCUT2D eigenvalue weighted by Crippen LogP contribution is 2.08. The van der Waals surface area contributed by atoms with E-state index >= 15 is 0 Å². The molecule has 0 bridgehead atoms. The van der Waals surface area contributed by atoms with Crippen LogP contribution in [0.5, 0.6) is 0 Å². The smallest absolute Gasteiger partial charge is 0.458 e. The van der Waals surface area contributed by atoms with Crippen molar-refractivity contribution in [1.29, 1.82) is 0 Å². The molecule has 0 aliphatic carbocycles. The van der Waals surface area contributed by atoms with Crippen molar-refractivity contribution in [1.82, 2.24) is 0 Å². The number of cyclic esters (lactones) is 2. The van der Waals surface area contributed by atoms with Crippen molar-refractivity contribution in [2.24, 2.45) is 0 Å². The molecule has 0 spiro atoms. The fraction of sp³-hybridized carbons (Fsp3) is 0.500. The Hall–Kier alpha value is -1.52. The molecule has 0 aromatic rings. The van der Waals surface area contributed by atoms with Crippen molar-refractivity contribution in [3.05, 3.63) is 12.2 Å². The second-order valence-electron chi connectivity index (χ2n) is 2.73. The van der Waals surface area contributed by atoms with Gasteiger partial charge in [0.05, 0.1) is 0 Å². The lowest BCUT2D eigenvalue weighted by Crippen LogP contribution is -2.25. The number of carbonyl (C=O) groups is 2. The maximum atomic E-state index is 11.1. The minimum absolute atomic E-state index is 0.0755. The highest BCUT2D eigenvalue weighted by atomic mass is 16.8. The summed E-state index contributed by atoms with van der Waals surface area (Å²) in [4.78, 5) is 21.5. The van der Waals surface area contributed by atoms with E-state index in [0.717, 1.165) is 5.57 Å². The quantitative estimate of drug-likeness (QED) is 0.478. The van der Waals surface area contributed by atoms with E-state index in [2.05, 4.69) is 16.1 Å². The number of hydrogen-bond acceptors (Lipinski definition) is 5. The monoisotopic (exact) mass is 186 g/mol. The third-order valence-corrected chi connectivity index (χ3v) is 1.31. The first-order valence-electron chi connectivity index (χ1n) is 3.74. The van der Waals surface area contributed by atoms with E-state index in [9.17, 15) is 9.59 Å². The van der Waals surface area contributed by atoms with Gasteiger partial charge in [-0.15, -0.1) is 0 Å². The van der Waals surface area contributed by atoms with Gasteiger partial charge in [-0.2, -0.15) is 0 Å². The zero-order valence-corrected chi connectivity index (χ0v) is 7.24. The van der Waals surface area contributed by atoms with Crippen molar-refractivity contribution in [3.8, 4) is 0 Å². The molecule has 5 nitrogen and oxygen atoms in total. The molecular weight excluding hydrogens is 176 g/mol. The summed E-state index contributed by atoms with van der Waals surface area (Å²) in [5, 5.41) is 0. The van der Waals surface area contributed by atoms with Gasteiger partial charge < -0.3 is 14.2 Å². The van der Waals surface area contributed by atoms with Crippen LogP contribution in [0.25, 0.3) is 0 Å². The first-order chi connectivity index (χ1) is 6.09. The van der Waals surface area contributed by atoms with Crippen LogP contribution in [0, 0.1) is 0 Å². The molecule has 5 heteroatoms. The van der Waals surface area contributed by atoms with Crippen LogP contribution in [0.1, 0.15) is 6.92 Å². The second kappa shape index (κ2) is 3.93. The predicted octanol–water partition coefficient (Wildman–Crippen LogP) is 0.641. The highest BCUT2D eigenvalue weighted by molar-refractivity contribution is 5.79. The molecule has 0 radical (unpaired) electrons. The van der Waals surface area contributed by atoms with E-state index in [1.165, 1.54) is 0 Å². The van der Waals surface area contributed by atoms with Crippen molar-refractivity contribution in [2.45, 2.75) is 13.0 Å². The zero-order chi connectivity index (χ0) is 9.84. The predicted molar refractivity (Wildman–Crippen MR) is 42.0 cm³/mol. The maximum absolute atomic E-state index is 11.1. The van der Waals surface area contributed by atoms with E-state index in [4.69, 9.17) is 4.74 Å². The van der Waals surface area contributed by atoms with E-state index < -0.39 is 18.2 Å². The van der Waals surface area contributed by atoms with Gasteiger partial charge in [-0.05, 0) is 12.5 Å². The van der Waals surface area contributed by atoms with Crippen LogP contribution in [-0.4, -0.2) is 31.4 Å². The molecule has 1 heterocycles. The minimum atomic E-state index is -0.924. The molecule has 13 heavy (non-hydrogen) atoms. The van der Waals surface area contributed by atoms with Gasteiger partial charge in [-0.3, -0.25) is 0 Å². The Morgan fingerprint density at radius 1 is 1.77 bits per heavy atom. The SMILES string of the molecule is C=C(C)COC(=O)C1COC(=O)O1. The topological polar surface area (TPSA) is 61.8 Å². The molecule has 1 rings (SSSR count). The lowest BCUT2D eigenvalue weighted by Gasteiger charge is -2.06. The number of rotatable bonds is 3. The van der Waals surface area contributed by atoms with Gasteiger partial charge in [-0.1, -0.05) is 6.58 Å². The van der Waals surface area contributed by atoms with Gasteiger partial charge in [-0.25, -0.2) is 9.59 Å². The summed E-state index contributed by atoms with van der Waals surface area (Å²) in [6.07, 6.45) is -1.76. The standard InChI is InChI=1S/C8H10O5/c1-5(2)3-11-7(9)6-4-12-8(10)13-6/h6H,1,3-4H2,2H3. The summed E-state index contributed by atoms with van der Waals surface area (Å²) in [5.41, 5.74) is 0.721. The molecule has 1 saturated heterocycles. The third kappa shape index (κ3) is 2.77. The third-order valence-electron chi connectivity index (χ3n) is 1.31. The molecule has 0 N–H and O–H groups in total. The summed E-state index contributed by atoms with van der Waals surface area (Å²) in [6.45, 7) is 5.34. The molecule has 0 aromatic heterocycles. The second-order valence-corrected chi connectivity index (χ2v) is 2.73. The molecule has 1 unspecified atom stereocenters. The molecule has 1 aliphatic rings. The average Bonchev–Trinajstić information content (AvgIpc) is 2.47. The number of ether oxygens (including phenoxy) is 3. The molecular formula is C8H10O5. The van der Waals surface area contributed by atoms with Crippen molar-refractivity contribution >= 4 is 12.1 Å². The van der Waals surface area contributed by atoms with Gasteiger partial charge >= 0.3 is 12.1 Å². The van der Waals surface area contributed by atoms with Crippen molar-refractivity contribution in [2.75, 3.05) is 13.2 Å². The summed E-state index contributed by atoms with van der Waals surface area (Å²) in [5.74, 6) is -0.603. The van der Waals surface area contributed by atoms with Crippen molar-refractivity contribution < 1.29 is 23.8 Å². The summed E-state index contributed by atoms with van der Waals surface area (Å²) < 4.78 is 13.6. The Morgan fingerprint density at radius 3 is 2.92 bits per heavy atom. The number of carbonyl (C=O) groups excluding carboxylic acids is 2. The van der Waals surface area contributed by atoms with Gasteiger partial charge in [0, 0.05) is 0 Å². The summed E-state index contributed by atoms with van der Waals surface area (Å²) in [7, 11) is 0. The summed E-state index contributed by atoms with van der Waals surface area (Å²) >= 11 is 0. The van der Waals surface area contributed by atoms with Crippen LogP contribution in [0.4, 0.5) is 4.79 Å². The fourth-order valence-electron chi connectivity index (χ4n) is 0.731. The molecule has 1 atom stereocenters. The molecule has 0 aromatic carbocycles. The van der Waals surface area contributed by atoms with Crippen LogP contribution in [0.15, 0.2) is 12.2 Å². The fourth-order valence-corrected chi connectivity index (χ4v) is 0.731. The van der Waals surface area contributed by atoms with Crippen LogP contribution in [0.2, 0.25) is 0 Å². The first kappa shape index (κ1) is 9.57. The lowest BCUT2D eigenvalue weighted by atomic mass is 10.3. The minimum Gasteiger partial charge on any atom is -0.458 e. The van der Waals surface area contributed by atoms with Gasteiger partial charge in [0.2, 0.25) is 6.10 Å². The van der Waals surface area contributed by atoms with Gasteiger partial charge in [0.1, 0.15) is 13.2 Å². The van der Waals surface area contributed by atoms with E-state index in [0.29, 0.717) is 0 Å². The van der Waals surface area contributed by atoms with Crippen LogP contribution < -0.4 is 0 Å². The lowest BCUT2D eigenvalue weighted by molar-refractivity contribution is -0.150.